The molecule has 12 rings (SSSR count). The second-order valence-electron chi connectivity index (χ2n) is 15.7. The highest BCUT2D eigenvalue weighted by molar-refractivity contribution is 5.96. The Morgan fingerprint density at radius 1 is 0.356 bits per heavy atom. The van der Waals surface area contributed by atoms with Gasteiger partial charge in [-0.05, 0) is 128 Å². The Hall–Kier alpha value is -7.62. The zero-order valence-electron chi connectivity index (χ0n) is 32.4. The first-order valence-corrected chi connectivity index (χ1v) is 20.2. The fourth-order valence-corrected chi connectivity index (χ4v) is 9.85. The largest absolute Gasteiger partial charge is 0.449 e. The van der Waals surface area contributed by atoms with E-state index in [1.165, 1.54) is 55.6 Å². The van der Waals surface area contributed by atoms with E-state index < -0.39 is 5.41 Å². The van der Waals surface area contributed by atoms with E-state index in [-0.39, 0.29) is 0 Å². The van der Waals surface area contributed by atoms with Gasteiger partial charge in [-0.15, -0.1) is 0 Å². The Labute approximate surface area is 344 Å². The van der Waals surface area contributed by atoms with E-state index in [4.69, 9.17) is 9.47 Å². The molecule has 0 N–H and O–H groups in total. The molecule has 0 atom stereocenters. The molecule has 0 radical (unpaired) electrons. The van der Waals surface area contributed by atoms with Gasteiger partial charge in [0.2, 0.25) is 0 Å². The van der Waals surface area contributed by atoms with Crippen LogP contribution in [0.1, 0.15) is 27.8 Å². The number of benzene rings is 9. The van der Waals surface area contributed by atoms with E-state index in [1.807, 2.05) is 6.07 Å². The first kappa shape index (κ1) is 33.5. The van der Waals surface area contributed by atoms with Crippen LogP contribution in [0.3, 0.4) is 0 Å². The lowest BCUT2D eigenvalue weighted by Crippen LogP contribution is -2.25. The monoisotopic (exact) mass is 755 g/mol. The molecule has 9 aromatic rings. The number of aryl methyl sites for hydroxylation is 1. The zero-order valence-corrected chi connectivity index (χ0v) is 32.4. The third-order valence-electron chi connectivity index (χ3n) is 12.4. The van der Waals surface area contributed by atoms with E-state index in [0.29, 0.717) is 23.0 Å². The van der Waals surface area contributed by atoms with Crippen molar-refractivity contribution in [3.05, 3.63) is 234 Å². The minimum atomic E-state index is -0.464. The van der Waals surface area contributed by atoms with Crippen molar-refractivity contribution in [3.8, 4) is 67.5 Å². The summed E-state index contributed by atoms with van der Waals surface area (Å²) in [5.41, 5.74) is 18.4. The summed E-state index contributed by atoms with van der Waals surface area (Å²) in [4.78, 5) is 2.28. The molecule has 3 heteroatoms. The fourth-order valence-electron chi connectivity index (χ4n) is 9.85. The van der Waals surface area contributed by atoms with Crippen molar-refractivity contribution in [1.82, 2.24) is 0 Å². The van der Waals surface area contributed by atoms with Gasteiger partial charge >= 0.3 is 0 Å². The maximum atomic E-state index is 7.10. The number of hydrogen-bond donors (Lipinski definition) is 0. The SMILES string of the molecule is Cc1cccc(N(c2cccc(-c3ccc(-c4ccccc4)cc3)c2)c2cccc3c2Oc2cc4c(cc2O3)C2(c3ccccc3-c3ccccc32)c2ccccc2-4)c1. The van der Waals surface area contributed by atoms with Gasteiger partial charge in [0, 0.05) is 11.4 Å². The van der Waals surface area contributed by atoms with E-state index in [2.05, 4.69) is 212 Å². The van der Waals surface area contributed by atoms with Crippen LogP contribution in [0.4, 0.5) is 17.1 Å². The van der Waals surface area contributed by atoms with Crippen molar-refractivity contribution in [2.45, 2.75) is 12.3 Å². The van der Waals surface area contributed by atoms with Crippen LogP contribution < -0.4 is 14.4 Å². The summed E-state index contributed by atoms with van der Waals surface area (Å²) in [7, 11) is 0. The Morgan fingerprint density at radius 3 is 1.56 bits per heavy atom. The molecule has 0 amide bonds. The van der Waals surface area contributed by atoms with Crippen LogP contribution in [0, 0.1) is 6.92 Å². The molecule has 0 bridgehead atoms. The minimum absolute atomic E-state index is 0.464. The molecule has 3 nitrogen and oxygen atoms in total. The summed E-state index contributed by atoms with van der Waals surface area (Å²) in [5, 5.41) is 0. The molecular formula is C56H37NO2. The second-order valence-corrected chi connectivity index (χ2v) is 15.7. The molecule has 1 aliphatic heterocycles. The van der Waals surface area contributed by atoms with Gasteiger partial charge in [-0.1, -0.05) is 158 Å². The first-order chi connectivity index (χ1) is 29.1. The highest BCUT2D eigenvalue weighted by Gasteiger charge is 2.52. The first-order valence-electron chi connectivity index (χ1n) is 20.2. The lowest BCUT2D eigenvalue weighted by Gasteiger charge is -2.32. The Balaban J connectivity index is 0.985. The summed E-state index contributed by atoms with van der Waals surface area (Å²) < 4.78 is 14.1. The molecule has 0 saturated heterocycles. The smallest absolute Gasteiger partial charge is 0.194 e. The molecule has 9 aromatic carbocycles. The molecule has 3 aliphatic rings. The third kappa shape index (κ3) is 5.01. The number of anilines is 3. The Bertz CT molecular complexity index is 3080. The number of rotatable bonds is 5. The predicted octanol–water partition coefficient (Wildman–Crippen LogP) is 15.0. The van der Waals surface area contributed by atoms with E-state index in [9.17, 15) is 0 Å². The predicted molar refractivity (Wildman–Crippen MR) is 240 cm³/mol. The molecular weight excluding hydrogens is 719 g/mol. The van der Waals surface area contributed by atoms with Crippen LogP contribution >= 0.6 is 0 Å². The van der Waals surface area contributed by atoms with Crippen LogP contribution in [0.15, 0.2) is 206 Å². The van der Waals surface area contributed by atoms with Crippen molar-refractivity contribution in [3.63, 3.8) is 0 Å². The third-order valence-corrected chi connectivity index (χ3v) is 12.4. The normalized spacial score (nSPS) is 13.2. The minimum Gasteiger partial charge on any atom is -0.449 e. The van der Waals surface area contributed by atoms with Gasteiger partial charge in [-0.2, -0.15) is 0 Å². The maximum absolute atomic E-state index is 7.10. The summed E-state index contributed by atoms with van der Waals surface area (Å²) in [6.07, 6.45) is 0. The average Bonchev–Trinajstić information content (AvgIpc) is 3.75. The lowest BCUT2D eigenvalue weighted by atomic mass is 9.70. The van der Waals surface area contributed by atoms with Crippen LogP contribution in [0.2, 0.25) is 0 Å². The highest BCUT2D eigenvalue weighted by atomic mass is 16.6. The lowest BCUT2D eigenvalue weighted by molar-refractivity contribution is 0.360. The number of hydrogen-bond acceptors (Lipinski definition) is 3. The van der Waals surface area contributed by atoms with Crippen molar-refractivity contribution in [2.75, 3.05) is 4.90 Å². The number of fused-ring (bicyclic) bond motifs is 12. The number of nitrogens with zero attached hydrogens (tertiary/aromatic N) is 1. The quantitative estimate of drug-likeness (QED) is 0.175. The summed E-state index contributed by atoms with van der Waals surface area (Å²) in [6.45, 7) is 2.13. The molecule has 0 unspecified atom stereocenters. The van der Waals surface area contributed by atoms with Gasteiger partial charge in [0.05, 0.1) is 11.1 Å². The highest BCUT2D eigenvalue weighted by Crippen LogP contribution is 2.65. The maximum Gasteiger partial charge on any atom is 0.194 e. The number of ether oxygens (including phenoxy) is 2. The van der Waals surface area contributed by atoms with Crippen molar-refractivity contribution < 1.29 is 9.47 Å². The van der Waals surface area contributed by atoms with Crippen molar-refractivity contribution in [1.29, 1.82) is 0 Å². The van der Waals surface area contributed by atoms with Crippen LogP contribution in [0.5, 0.6) is 23.0 Å². The van der Waals surface area contributed by atoms with Crippen molar-refractivity contribution in [2.24, 2.45) is 0 Å². The van der Waals surface area contributed by atoms with E-state index in [0.717, 1.165) is 33.8 Å². The summed E-state index contributed by atoms with van der Waals surface area (Å²) in [5.74, 6) is 2.77. The Kier molecular flexibility index (Phi) is 7.36. The van der Waals surface area contributed by atoms with Crippen LogP contribution in [-0.4, -0.2) is 0 Å². The standard InChI is InChI=1S/C56H37NO2/c1-36-14-11-18-41(32-36)57(42-19-12-17-40(33-42)39-30-28-38(29-31-39)37-15-3-2-4-16-37)51-26-13-27-52-55(51)59-53-34-46-45-22-7-10-25-49(45)56(50(46)35-54(53)58-52)47-23-8-5-20-43(47)44-21-6-9-24-48(44)56/h2-35H,1H3. The van der Waals surface area contributed by atoms with Crippen LogP contribution in [-0.2, 0) is 5.41 Å². The van der Waals surface area contributed by atoms with E-state index >= 15 is 0 Å². The number of para-hydroxylation sites is 1. The van der Waals surface area contributed by atoms with Gasteiger partial charge in [-0.3, -0.25) is 0 Å². The molecule has 2 aliphatic carbocycles. The van der Waals surface area contributed by atoms with Crippen molar-refractivity contribution >= 4 is 17.1 Å². The molecule has 1 spiro atoms. The second kappa shape index (κ2) is 13.0. The molecule has 0 aromatic heterocycles. The molecule has 0 fully saturated rings. The van der Waals surface area contributed by atoms with Crippen LogP contribution in [0.25, 0.3) is 44.5 Å². The molecule has 0 saturated carbocycles. The summed E-state index contributed by atoms with van der Waals surface area (Å²) >= 11 is 0. The average molecular weight is 756 g/mol. The Morgan fingerprint density at radius 2 is 0.881 bits per heavy atom. The fraction of sp³-hybridized carbons (Fsp3) is 0.0357. The molecule has 278 valence electrons. The van der Waals surface area contributed by atoms with Gasteiger partial charge in [0.1, 0.15) is 0 Å². The zero-order chi connectivity index (χ0) is 39.1. The summed E-state index contributed by atoms with van der Waals surface area (Å²) in [6, 6.07) is 74.0. The molecule has 59 heavy (non-hydrogen) atoms. The topological polar surface area (TPSA) is 21.7 Å². The van der Waals surface area contributed by atoms with Gasteiger partial charge < -0.3 is 14.4 Å². The van der Waals surface area contributed by atoms with Gasteiger partial charge in [0.15, 0.2) is 23.0 Å². The molecule has 1 heterocycles. The van der Waals surface area contributed by atoms with E-state index in [1.54, 1.807) is 0 Å². The van der Waals surface area contributed by atoms with Gasteiger partial charge in [0.25, 0.3) is 0 Å². The van der Waals surface area contributed by atoms with Gasteiger partial charge in [-0.25, -0.2) is 0 Å².